The standard InChI is InChI=1S/C16H10F2N4/c17-16(18)22-14-5-8-20-9-12(14)11-1-2-13(21-15(11)22)10-3-6-19-7-4-10/h1-9,16H. The maximum atomic E-state index is 13.5. The molecule has 0 aliphatic heterocycles. The molecule has 0 fully saturated rings. The van der Waals surface area contributed by atoms with Gasteiger partial charge in [0.15, 0.2) is 0 Å². The molecule has 22 heavy (non-hydrogen) atoms. The first-order valence-corrected chi connectivity index (χ1v) is 6.69. The van der Waals surface area contributed by atoms with Gasteiger partial charge in [-0.15, -0.1) is 0 Å². The molecular formula is C16H10F2N4. The Hall–Kier alpha value is -2.89. The van der Waals surface area contributed by atoms with E-state index in [0.29, 0.717) is 22.0 Å². The van der Waals surface area contributed by atoms with E-state index in [2.05, 4.69) is 15.0 Å². The van der Waals surface area contributed by atoms with Crippen molar-refractivity contribution in [1.82, 2.24) is 19.5 Å². The van der Waals surface area contributed by atoms with Crippen LogP contribution in [0.2, 0.25) is 0 Å². The Balaban J connectivity index is 2.07. The maximum Gasteiger partial charge on any atom is 0.320 e. The van der Waals surface area contributed by atoms with E-state index in [0.717, 1.165) is 10.1 Å². The molecule has 0 aliphatic rings. The topological polar surface area (TPSA) is 43.6 Å². The van der Waals surface area contributed by atoms with E-state index in [4.69, 9.17) is 0 Å². The third-order valence-electron chi connectivity index (χ3n) is 3.62. The van der Waals surface area contributed by atoms with Crippen LogP contribution in [0.25, 0.3) is 33.2 Å². The quantitative estimate of drug-likeness (QED) is 0.560. The fraction of sp³-hybridized carbons (Fsp3) is 0.0625. The lowest BCUT2D eigenvalue weighted by atomic mass is 10.1. The number of halogens is 2. The Morgan fingerprint density at radius 1 is 0.864 bits per heavy atom. The van der Waals surface area contributed by atoms with Crippen molar-refractivity contribution in [3.8, 4) is 11.3 Å². The molecule has 0 aliphatic carbocycles. The highest BCUT2D eigenvalue weighted by Crippen LogP contribution is 2.32. The van der Waals surface area contributed by atoms with E-state index in [1.54, 1.807) is 42.9 Å². The van der Waals surface area contributed by atoms with Crippen LogP contribution in [-0.2, 0) is 0 Å². The van der Waals surface area contributed by atoms with Gasteiger partial charge in [-0.25, -0.2) is 4.98 Å². The first-order valence-electron chi connectivity index (χ1n) is 6.69. The van der Waals surface area contributed by atoms with Gasteiger partial charge in [0.2, 0.25) is 0 Å². The van der Waals surface area contributed by atoms with Gasteiger partial charge in [0.05, 0.1) is 11.2 Å². The summed E-state index contributed by atoms with van der Waals surface area (Å²) in [6.45, 7) is -2.66. The molecule has 108 valence electrons. The second kappa shape index (κ2) is 4.84. The van der Waals surface area contributed by atoms with E-state index in [1.807, 2.05) is 6.07 Å². The minimum Gasteiger partial charge on any atom is -0.268 e. The second-order valence-corrected chi connectivity index (χ2v) is 4.84. The van der Waals surface area contributed by atoms with Crippen LogP contribution in [0, 0.1) is 0 Å². The van der Waals surface area contributed by atoms with Gasteiger partial charge >= 0.3 is 6.55 Å². The molecule has 0 atom stereocenters. The van der Waals surface area contributed by atoms with E-state index in [9.17, 15) is 8.78 Å². The van der Waals surface area contributed by atoms with Gasteiger partial charge in [-0.05, 0) is 30.3 Å². The van der Waals surface area contributed by atoms with E-state index in [-0.39, 0.29) is 5.65 Å². The number of rotatable bonds is 2. The second-order valence-electron chi connectivity index (χ2n) is 4.84. The molecule has 0 aromatic carbocycles. The fourth-order valence-electron chi connectivity index (χ4n) is 2.64. The van der Waals surface area contributed by atoms with Crippen molar-refractivity contribution in [2.45, 2.75) is 6.55 Å². The van der Waals surface area contributed by atoms with E-state index >= 15 is 0 Å². The van der Waals surface area contributed by atoms with Gasteiger partial charge in [0.1, 0.15) is 5.65 Å². The fourth-order valence-corrected chi connectivity index (χ4v) is 2.64. The van der Waals surface area contributed by atoms with Crippen molar-refractivity contribution >= 4 is 21.9 Å². The molecular weight excluding hydrogens is 286 g/mol. The molecule has 4 heterocycles. The zero-order valence-corrected chi connectivity index (χ0v) is 11.3. The molecule has 4 aromatic rings. The molecule has 0 amide bonds. The molecule has 0 saturated heterocycles. The zero-order chi connectivity index (χ0) is 15.1. The highest BCUT2D eigenvalue weighted by atomic mass is 19.3. The van der Waals surface area contributed by atoms with E-state index < -0.39 is 6.55 Å². The van der Waals surface area contributed by atoms with Gasteiger partial charge < -0.3 is 0 Å². The van der Waals surface area contributed by atoms with Gasteiger partial charge in [0, 0.05) is 41.1 Å². The van der Waals surface area contributed by atoms with E-state index in [1.165, 1.54) is 6.20 Å². The summed E-state index contributed by atoms with van der Waals surface area (Å²) in [5, 5.41) is 1.34. The minimum atomic E-state index is -2.66. The van der Waals surface area contributed by atoms with Gasteiger partial charge in [-0.2, -0.15) is 8.78 Å². The van der Waals surface area contributed by atoms with Crippen LogP contribution in [-0.4, -0.2) is 19.5 Å². The van der Waals surface area contributed by atoms with Gasteiger partial charge in [-0.1, -0.05) is 0 Å². The molecule has 0 spiro atoms. The van der Waals surface area contributed by atoms with Crippen LogP contribution in [0.3, 0.4) is 0 Å². The largest absolute Gasteiger partial charge is 0.320 e. The van der Waals surface area contributed by atoms with Crippen LogP contribution in [0.15, 0.2) is 55.1 Å². The monoisotopic (exact) mass is 296 g/mol. The summed E-state index contributed by atoms with van der Waals surface area (Å²) < 4.78 is 27.9. The van der Waals surface area contributed by atoms with Crippen molar-refractivity contribution in [3.63, 3.8) is 0 Å². The number of fused-ring (bicyclic) bond motifs is 3. The predicted molar refractivity (Wildman–Crippen MR) is 79.5 cm³/mol. The highest BCUT2D eigenvalue weighted by molar-refractivity contribution is 6.06. The van der Waals surface area contributed by atoms with Crippen LogP contribution >= 0.6 is 0 Å². The highest BCUT2D eigenvalue weighted by Gasteiger charge is 2.18. The first kappa shape index (κ1) is 12.8. The summed E-state index contributed by atoms with van der Waals surface area (Å²) >= 11 is 0. The molecule has 0 bridgehead atoms. The number of alkyl halides is 2. The maximum absolute atomic E-state index is 13.5. The van der Waals surface area contributed by atoms with Crippen LogP contribution in [0.4, 0.5) is 8.78 Å². The summed E-state index contributed by atoms with van der Waals surface area (Å²) in [7, 11) is 0. The summed E-state index contributed by atoms with van der Waals surface area (Å²) in [5.41, 5.74) is 2.15. The minimum absolute atomic E-state index is 0.257. The molecule has 0 unspecified atom stereocenters. The molecule has 0 saturated carbocycles. The zero-order valence-electron chi connectivity index (χ0n) is 11.3. The summed E-state index contributed by atoms with van der Waals surface area (Å²) in [6, 6.07) is 8.80. The van der Waals surface area contributed by atoms with Crippen LogP contribution in [0.1, 0.15) is 6.55 Å². The Morgan fingerprint density at radius 2 is 1.64 bits per heavy atom. The average molecular weight is 296 g/mol. The number of pyridine rings is 3. The number of nitrogens with zero attached hydrogens (tertiary/aromatic N) is 4. The average Bonchev–Trinajstić information content (AvgIpc) is 2.89. The number of aromatic nitrogens is 4. The summed E-state index contributed by atoms with van der Waals surface area (Å²) in [4.78, 5) is 12.4. The lowest BCUT2D eigenvalue weighted by Gasteiger charge is -2.06. The van der Waals surface area contributed by atoms with Crippen molar-refractivity contribution in [1.29, 1.82) is 0 Å². The van der Waals surface area contributed by atoms with Crippen molar-refractivity contribution in [3.05, 3.63) is 55.1 Å². The first-order chi connectivity index (χ1) is 10.8. The smallest absolute Gasteiger partial charge is 0.268 e. The summed E-state index contributed by atoms with van der Waals surface area (Å²) in [6.07, 6.45) is 6.38. The SMILES string of the molecule is FC(F)n1c2ccncc2c2ccc(-c3ccncc3)nc21. The molecule has 6 heteroatoms. The molecule has 0 N–H and O–H groups in total. The predicted octanol–water partition coefficient (Wildman–Crippen LogP) is 4.04. The lowest BCUT2D eigenvalue weighted by molar-refractivity contribution is 0.0791. The van der Waals surface area contributed by atoms with Crippen LogP contribution < -0.4 is 0 Å². The van der Waals surface area contributed by atoms with Gasteiger partial charge in [-0.3, -0.25) is 14.5 Å². The normalized spacial score (nSPS) is 11.6. The Bertz CT molecular complexity index is 964. The Kier molecular flexibility index (Phi) is 2.82. The van der Waals surface area contributed by atoms with Crippen molar-refractivity contribution in [2.24, 2.45) is 0 Å². The molecule has 4 rings (SSSR count). The third kappa shape index (κ3) is 1.84. The van der Waals surface area contributed by atoms with Gasteiger partial charge in [0.25, 0.3) is 0 Å². The van der Waals surface area contributed by atoms with Crippen LogP contribution in [0.5, 0.6) is 0 Å². The Labute approximate surface area is 124 Å². The molecule has 4 nitrogen and oxygen atoms in total. The van der Waals surface area contributed by atoms with Crippen molar-refractivity contribution < 1.29 is 8.78 Å². The number of hydrogen-bond acceptors (Lipinski definition) is 3. The third-order valence-corrected chi connectivity index (χ3v) is 3.62. The Morgan fingerprint density at radius 3 is 2.41 bits per heavy atom. The molecule has 4 aromatic heterocycles. The number of hydrogen-bond donors (Lipinski definition) is 0. The molecule has 0 radical (unpaired) electrons. The summed E-state index contributed by atoms with van der Waals surface area (Å²) in [5.74, 6) is 0. The lowest BCUT2D eigenvalue weighted by Crippen LogP contribution is -1.99. The van der Waals surface area contributed by atoms with Crippen molar-refractivity contribution in [2.75, 3.05) is 0 Å².